The average Bonchev–Trinajstić information content (AvgIpc) is 2.98. The number of hydrogen-bond acceptors (Lipinski definition) is 3. The molecule has 0 heterocycles. The average molecular weight is 244 g/mol. The molecule has 1 saturated carbocycles. The summed E-state index contributed by atoms with van der Waals surface area (Å²) in [5, 5.41) is 6.28. The summed E-state index contributed by atoms with van der Waals surface area (Å²) in [5.74, 6) is 0.101. The fourth-order valence-electron chi connectivity index (χ4n) is 1.51. The Morgan fingerprint density at radius 1 is 1.44 bits per heavy atom. The number of nitrogens with one attached hydrogen (secondary N) is 2. The van der Waals surface area contributed by atoms with Gasteiger partial charge in [-0.3, -0.25) is 4.79 Å². The zero-order chi connectivity index (χ0) is 12.2. The molecule has 0 spiro atoms. The molecule has 0 atom stereocenters. The lowest BCUT2D eigenvalue weighted by Crippen LogP contribution is -2.47. The molecule has 1 fully saturated rings. The molecule has 0 aromatic heterocycles. The Labute approximate surface area is 103 Å². The van der Waals surface area contributed by atoms with Crippen molar-refractivity contribution in [1.82, 2.24) is 10.6 Å². The molecule has 4 heteroatoms. The topological polar surface area (TPSA) is 41.1 Å². The highest BCUT2D eigenvalue weighted by atomic mass is 32.2. The number of amides is 1. The predicted octanol–water partition coefficient (Wildman–Crippen LogP) is 1.78. The van der Waals surface area contributed by atoms with Gasteiger partial charge < -0.3 is 10.6 Å². The molecule has 0 aromatic rings. The van der Waals surface area contributed by atoms with Crippen molar-refractivity contribution in [3.05, 3.63) is 0 Å². The minimum absolute atomic E-state index is 0.0878. The maximum absolute atomic E-state index is 11.6. The molecule has 0 aromatic carbocycles. The van der Waals surface area contributed by atoms with Crippen LogP contribution in [0.2, 0.25) is 0 Å². The van der Waals surface area contributed by atoms with Crippen molar-refractivity contribution in [2.75, 3.05) is 19.3 Å². The summed E-state index contributed by atoms with van der Waals surface area (Å²) in [6.45, 7) is 7.57. The quantitative estimate of drug-likeness (QED) is 0.717. The van der Waals surface area contributed by atoms with Crippen molar-refractivity contribution in [1.29, 1.82) is 0 Å². The molecule has 16 heavy (non-hydrogen) atoms. The van der Waals surface area contributed by atoms with E-state index >= 15 is 0 Å². The highest BCUT2D eigenvalue weighted by Gasteiger charge is 2.41. The third-order valence-corrected chi connectivity index (χ3v) is 4.75. The maximum Gasteiger partial charge on any atom is 0.234 e. The van der Waals surface area contributed by atoms with Crippen LogP contribution in [-0.2, 0) is 4.79 Å². The van der Waals surface area contributed by atoms with E-state index in [2.05, 4.69) is 37.7 Å². The van der Waals surface area contributed by atoms with Gasteiger partial charge in [0, 0.05) is 16.8 Å². The van der Waals surface area contributed by atoms with E-state index in [-0.39, 0.29) is 11.4 Å². The number of carbonyl (C=O) groups is 1. The van der Waals surface area contributed by atoms with Crippen LogP contribution in [0.3, 0.4) is 0 Å². The molecular weight excluding hydrogens is 220 g/mol. The predicted molar refractivity (Wildman–Crippen MR) is 70.9 cm³/mol. The second-order valence-corrected chi connectivity index (χ2v) is 6.55. The first-order chi connectivity index (χ1) is 7.43. The van der Waals surface area contributed by atoms with Gasteiger partial charge in [0.2, 0.25) is 5.91 Å². The lowest BCUT2D eigenvalue weighted by Gasteiger charge is -2.24. The summed E-state index contributed by atoms with van der Waals surface area (Å²) in [7, 11) is 0. The van der Waals surface area contributed by atoms with E-state index in [0.29, 0.717) is 11.3 Å². The Morgan fingerprint density at radius 2 is 2.06 bits per heavy atom. The summed E-state index contributed by atoms with van der Waals surface area (Å²) in [4.78, 5) is 11.6. The van der Waals surface area contributed by atoms with Gasteiger partial charge in [0.05, 0.1) is 6.54 Å². The Morgan fingerprint density at radius 3 is 2.50 bits per heavy atom. The minimum Gasteiger partial charge on any atom is -0.350 e. The van der Waals surface area contributed by atoms with E-state index in [1.807, 2.05) is 11.8 Å². The summed E-state index contributed by atoms with van der Waals surface area (Å²) < 4.78 is 0.431. The normalized spacial score (nSPS) is 18.2. The molecule has 0 bridgehead atoms. The van der Waals surface area contributed by atoms with Crippen molar-refractivity contribution in [3.8, 4) is 0 Å². The van der Waals surface area contributed by atoms with Crippen LogP contribution in [0.1, 0.15) is 40.0 Å². The van der Waals surface area contributed by atoms with Gasteiger partial charge >= 0.3 is 0 Å². The highest BCUT2D eigenvalue weighted by molar-refractivity contribution is 8.00. The van der Waals surface area contributed by atoms with Crippen molar-refractivity contribution >= 4 is 17.7 Å². The molecule has 1 rings (SSSR count). The third kappa shape index (κ3) is 4.34. The molecule has 3 nitrogen and oxygen atoms in total. The van der Waals surface area contributed by atoms with Gasteiger partial charge in [-0.05, 0) is 39.4 Å². The van der Waals surface area contributed by atoms with Crippen LogP contribution in [0.4, 0.5) is 0 Å². The molecule has 0 saturated heterocycles. The molecule has 0 aliphatic heterocycles. The fraction of sp³-hybridized carbons (Fsp3) is 0.917. The van der Waals surface area contributed by atoms with Crippen molar-refractivity contribution in [2.24, 2.45) is 0 Å². The molecule has 1 aliphatic carbocycles. The van der Waals surface area contributed by atoms with Crippen LogP contribution < -0.4 is 10.6 Å². The Kier molecular flexibility index (Phi) is 4.68. The minimum atomic E-state index is -0.0878. The van der Waals surface area contributed by atoms with Crippen molar-refractivity contribution in [3.63, 3.8) is 0 Å². The summed E-state index contributed by atoms with van der Waals surface area (Å²) in [6.07, 6.45) is 5.66. The summed E-state index contributed by atoms with van der Waals surface area (Å²) in [6, 6.07) is 0. The lowest BCUT2D eigenvalue weighted by molar-refractivity contribution is -0.121. The van der Waals surface area contributed by atoms with Gasteiger partial charge in [-0.1, -0.05) is 6.92 Å². The third-order valence-electron chi connectivity index (χ3n) is 3.34. The maximum atomic E-state index is 11.6. The SMILES string of the molecule is CCC(C)(C)NC(=O)CNCC1(SC)CC1. The molecule has 0 radical (unpaired) electrons. The van der Waals surface area contributed by atoms with E-state index in [4.69, 9.17) is 0 Å². The zero-order valence-electron chi connectivity index (χ0n) is 10.9. The van der Waals surface area contributed by atoms with Crippen molar-refractivity contribution < 1.29 is 4.79 Å². The van der Waals surface area contributed by atoms with E-state index in [1.165, 1.54) is 12.8 Å². The van der Waals surface area contributed by atoms with Crippen LogP contribution in [0, 0.1) is 0 Å². The second-order valence-electron chi connectivity index (χ2n) is 5.28. The number of hydrogen-bond donors (Lipinski definition) is 2. The Balaban J connectivity index is 2.16. The van der Waals surface area contributed by atoms with Crippen LogP contribution in [0.15, 0.2) is 0 Å². The van der Waals surface area contributed by atoms with E-state index in [0.717, 1.165) is 13.0 Å². The lowest BCUT2D eigenvalue weighted by atomic mass is 10.0. The van der Waals surface area contributed by atoms with Crippen LogP contribution in [-0.4, -0.2) is 35.5 Å². The van der Waals surface area contributed by atoms with Crippen LogP contribution in [0.25, 0.3) is 0 Å². The second kappa shape index (κ2) is 5.41. The Bertz CT molecular complexity index is 249. The molecule has 0 unspecified atom stereocenters. The van der Waals surface area contributed by atoms with E-state index in [1.54, 1.807) is 0 Å². The molecule has 2 N–H and O–H groups in total. The van der Waals surface area contributed by atoms with Crippen LogP contribution >= 0.6 is 11.8 Å². The fourth-order valence-corrected chi connectivity index (χ4v) is 2.26. The first kappa shape index (κ1) is 13.8. The summed E-state index contributed by atoms with van der Waals surface area (Å²) in [5.41, 5.74) is -0.0878. The highest BCUT2D eigenvalue weighted by Crippen LogP contribution is 2.46. The Hall–Kier alpha value is -0.220. The van der Waals surface area contributed by atoms with Crippen molar-refractivity contribution in [2.45, 2.75) is 50.3 Å². The van der Waals surface area contributed by atoms with Gasteiger partial charge in [-0.15, -0.1) is 0 Å². The van der Waals surface area contributed by atoms with Gasteiger partial charge in [-0.2, -0.15) is 11.8 Å². The largest absolute Gasteiger partial charge is 0.350 e. The first-order valence-corrected chi connectivity index (χ1v) is 7.22. The molecule has 1 aliphatic rings. The summed E-state index contributed by atoms with van der Waals surface area (Å²) >= 11 is 1.91. The smallest absolute Gasteiger partial charge is 0.234 e. The van der Waals surface area contributed by atoms with Gasteiger partial charge in [0.1, 0.15) is 0 Å². The first-order valence-electron chi connectivity index (χ1n) is 6.00. The van der Waals surface area contributed by atoms with Crippen LogP contribution in [0.5, 0.6) is 0 Å². The molecular formula is C12H24N2OS. The van der Waals surface area contributed by atoms with E-state index < -0.39 is 0 Å². The number of carbonyl (C=O) groups excluding carboxylic acids is 1. The monoisotopic (exact) mass is 244 g/mol. The van der Waals surface area contributed by atoms with Gasteiger partial charge in [0.15, 0.2) is 0 Å². The standard InChI is InChI=1S/C12H24N2OS/c1-5-11(2,3)14-10(15)8-13-9-12(16-4)6-7-12/h13H,5-9H2,1-4H3,(H,14,15). The number of thioether (sulfide) groups is 1. The molecule has 1 amide bonds. The van der Waals surface area contributed by atoms with Gasteiger partial charge in [0.25, 0.3) is 0 Å². The van der Waals surface area contributed by atoms with E-state index in [9.17, 15) is 4.79 Å². The van der Waals surface area contributed by atoms with Gasteiger partial charge in [-0.25, -0.2) is 0 Å². The number of rotatable bonds is 7. The molecule has 94 valence electrons. The zero-order valence-corrected chi connectivity index (χ0v) is 11.7.